The normalized spacial score (nSPS) is 11.6. The van der Waals surface area contributed by atoms with Crippen molar-refractivity contribution in [2.24, 2.45) is 5.73 Å². The van der Waals surface area contributed by atoms with Gasteiger partial charge < -0.3 is 11.5 Å². The van der Waals surface area contributed by atoms with Crippen LogP contribution in [-0.2, 0) is 6.18 Å². The minimum atomic E-state index is -4.72. The third kappa shape index (κ3) is 2.55. The molecule has 0 unspecified atom stereocenters. The number of halogens is 4. The molecule has 5 nitrogen and oxygen atoms in total. The Morgan fingerprint density at radius 1 is 1.35 bits per heavy atom. The zero-order chi connectivity index (χ0) is 15.1. The van der Waals surface area contributed by atoms with Crippen LogP contribution in [0.25, 0.3) is 5.69 Å². The first kappa shape index (κ1) is 14.2. The minimum absolute atomic E-state index is 0.0146. The number of carbonyl (C=O) groups is 1. The number of alkyl halides is 3. The number of anilines is 1. The molecule has 0 fully saturated rings. The summed E-state index contributed by atoms with van der Waals surface area (Å²) in [5, 5.41) is 3.87. The van der Waals surface area contributed by atoms with E-state index in [4.69, 9.17) is 23.1 Å². The Morgan fingerprint density at radius 3 is 2.45 bits per heavy atom. The Bertz CT molecular complexity index is 661. The molecule has 0 bridgehead atoms. The van der Waals surface area contributed by atoms with Gasteiger partial charge in [-0.2, -0.15) is 13.2 Å². The molecule has 4 N–H and O–H groups in total. The van der Waals surface area contributed by atoms with Gasteiger partial charge in [0.05, 0.1) is 23.0 Å². The van der Waals surface area contributed by atoms with Gasteiger partial charge in [0.15, 0.2) is 5.82 Å². The summed E-state index contributed by atoms with van der Waals surface area (Å²) in [4.78, 5) is 11.0. The summed E-state index contributed by atoms with van der Waals surface area (Å²) in [6, 6.07) is 2.99. The second kappa shape index (κ2) is 4.71. The summed E-state index contributed by atoms with van der Waals surface area (Å²) in [5.74, 6) is -1.18. The molecule has 0 aliphatic carbocycles. The molecule has 0 saturated heterocycles. The van der Waals surface area contributed by atoms with Crippen molar-refractivity contribution in [3.05, 3.63) is 40.5 Å². The quantitative estimate of drug-likeness (QED) is 0.892. The van der Waals surface area contributed by atoms with Crippen molar-refractivity contribution in [2.75, 3.05) is 5.73 Å². The summed E-state index contributed by atoms with van der Waals surface area (Å²) in [5.41, 5.74) is 8.64. The van der Waals surface area contributed by atoms with E-state index in [0.717, 1.165) is 16.8 Å². The second-order valence-electron chi connectivity index (χ2n) is 3.90. The highest BCUT2D eigenvalue weighted by Crippen LogP contribution is 2.33. The van der Waals surface area contributed by atoms with Crippen LogP contribution in [0.5, 0.6) is 0 Å². The number of amides is 1. The maximum absolute atomic E-state index is 12.9. The smallest absolute Gasteiger partial charge is 0.381 e. The number of nitrogens with two attached hydrogens (primary N) is 2. The second-order valence-corrected chi connectivity index (χ2v) is 4.31. The average Bonchev–Trinajstić information content (AvgIpc) is 2.67. The van der Waals surface area contributed by atoms with Gasteiger partial charge in [-0.25, -0.2) is 4.68 Å². The lowest BCUT2D eigenvalue weighted by Gasteiger charge is -2.12. The Balaban J connectivity index is 2.61. The Hall–Kier alpha value is -2.22. The van der Waals surface area contributed by atoms with Crippen molar-refractivity contribution in [3.63, 3.8) is 0 Å². The van der Waals surface area contributed by atoms with Crippen LogP contribution in [0.3, 0.4) is 0 Å². The van der Waals surface area contributed by atoms with E-state index in [-0.39, 0.29) is 16.5 Å². The van der Waals surface area contributed by atoms with Crippen LogP contribution < -0.4 is 11.5 Å². The average molecular weight is 305 g/mol. The molecular formula is C11H8ClF3N4O. The van der Waals surface area contributed by atoms with E-state index in [9.17, 15) is 18.0 Å². The number of nitrogens with zero attached hydrogens (tertiary/aromatic N) is 2. The van der Waals surface area contributed by atoms with E-state index >= 15 is 0 Å². The summed E-state index contributed by atoms with van der Waals surface area (Å²) < 4.78 is 39.8. The van der Waals surface area contributed by atoms with Gasteiger partial charge in [0.2, 0.25) is 5.91 Å². The molecule has 0 radical (unpaired) electrons. The number of rotatable bonds is 2. The molecule has 1 amide bonds. The lowest BCUT2D eigenvalue weighted by molar-refractivity contribution is -0.137. The molecule has 2 rings (SSSR count). The first-order chi connectivity index (χ1) is 9.20. The highest BCUT2D eigenvalue weighted by molar-refractivity contribution is 6.32. The number of hydrogen-bond donors (Lipinski definition) is 2. The van der Waals surface area contributed by atoms with E-state index in [1.807, 2.05) is 0 Å². The summed E-state index contributed by atoms with van der Waals surface area (Å²) in [6.07, 6.45) is -3.46. The van der Waals surface area contributed by atoms with Gasteiger partial charge in [-0.3, -0.25) is 4.79 Å². The van der Waals surface area contributed by atoms with Gasteiger partial charge in [0.1, 0.15) is 5.02 Å². The summed E-state index contributed by atoms with van der Waals surface area (Å²) >= 11 is 5.69. The van der Waals surface area contributed by atoms with Crippen LogP contribution in [0.4, 0.5) is 19.0 Å². The van der Waals surface area contributed by atoms with Crippen LogP contribution in [-0.4, -0.2) is 15.7 Å². The fourth-order valence-corrected chi connectivity index (χ4v) is 1.75. The molecule has 0 saturated carbocycles. The lowest BCUT2D eigenvalue weighted by Crippen LogP contribution is -2.19. The topological polar surface area (TPSA) is 86.9 Å². The van der Waals surface area contributed by atoms with Crippen LogP contribution in [0, 0.1) is 0 Å². The Labute approximate surface area is 115 Å². The van der Waals surface area contributed by atoms with E-state index in [1.165, 1.54) is 12.3 Å². The van der Waals surface area contributed by atoms with Gasteiger partial charge in [-0.1, -0.05) is 11.6 Å². The lowest BCUT2D eigenvalue weighted by atomic mass is 10.1. The maximum Gasteiger partial charge on any atom is 0.417 e. The fourth-order valence-electron chi connectivity index (χ4n) is 1.62. The Kier molecular flexibility index (Phi) is 3.34. The number of aromatic nitrogens is 2. The largest absolute Gasteiger partial charge is 0.417 e. The molecule has 1 aromatic carbocycles. The zero-order valence-electron chi connectivity index (χ0n) is 9.78. The van der Waals surface area contributed by atoms with Crippen LogP contribution >= 0.6 is 11.6 Å². The predicted molar refractivity (Wildman–Crippen MR) is 66.5 cm³/mol. The zero-order valence-corrected chi connectivity index (χ0v) is 10.5. The van der Waals surface area contributed by atoms with Crippen LogP contribution in [0.1, 0.15) is 15.9 Å². The molecule has 0 aliphatic heterocycles. The number of nitrogen functional groups attached to an aromatic ring is 1. The van der Waals surface area contributed by atoms with Crippen molar-refractivity contribution in [2.45, 2.75) is 6.18 Å². The third-order valence-electron chi connectivity index (χ3n) is 2.53. The Morgan fingerprint density at radius 2 is 2.00 bits per heavy atom. The van der Waals surface area contributed by atoms with Crippen molar-refractivity contribution in [3.8, 4) is 5.69 Å². The number of primary amides is 1. The first-order valence-corrected chi connectivity index (χ1v) is 5.60. The van der Waals surface area contributed by atoms with E-state index in [0.29, 0.717) is 0 Å². The number of hydrogen-bond acceptors (Lipinski definition) is 3. The molecule has 1 heterocycles. The monoisotopic (exact) mass is 304 g/mol. The first-order valence-electron chi connectivity index (χ1n) is 5.22. The van der Waals surface area contributed by atoms with Crippen molar-refractivity contribution in [1.29, 1.82) is 0 Å². The van der Waals surface area contributed by atoms with Crippen LogP contribution in [0.15, 0.2) is 24.4 Å². The van der Waals surface area contributed by atoms with Crippen molar-refractivity contribution >= 4 is 23.3 Å². The van der Waals surface area contributed by atoms with Gasteiger partial charge in [-0.05, 0) is 18.2 Å². The molecule has 0 aliphatic rings. The molecule has 0 atom stereocenters. The van der Waals surface area contributed by atoms with Gasteiger partial charge in [-0.15, -0.1) is 5.10 Å². The predicted octanol–water partition coefficient (Wildman–Crippen LogP) is 2.23. The van der Waals surface area contributed by atoms with Gasteiger partial charge in [0.25, 0.3) is 0 Å². The standard InChI is InChI=1S/C11H8ClF3N4O/c12-8-4-19(18-9(8)16)5-1-2-6(10(17)20)7(3-5)11(13,14)15/h1-4H,(H2,16,18)(H2,17,20). The van der Waals surface area contributed by atoms with E-state index in [2.05, 4.69) is 5.10 Å². The molecule has 9 heteroatoms. The molecule has 0 spiro atoms. The fraction of sp³-hybridized carbons (Fsp3) is 0.0909. The van der Waals surface area contributed by atoms with E-state index in [1.54, 1.807) is 0 Å². The molecule has 2 aromatic rings. The molecule has 20 heavy (non-hydrogen) atoms. The SMILES string of the molecule is NC(=O)c1ccc(-n2cc(Cl)c(N)n2)cc1C(F)(F)F. The highest BCUT2D eigenvalue weighted by atomic mass is 35.5. The van der Waals surface area contributed by atoms with Crippen molar-refractivity contribution in [1.82, 2.24) is 9.78 Å². The highest BCUT2D eigenvalue weighted by Gasteiger charge is 2.35. The summed E-state index contributed by atoms with van der Waals surface area (Å²) in [7, 11) is 0. The maximum atomic E-state index is 12.9. The van der Waals surface area contributed by atoms with Gasteiger partial charge in [0, 0.05) is 0 Å². The summed E-state index contributed by atoms with van der Waals surface area (Å²) in [6.45, 7) is 0. The van der Waals surface area contributed by atoms with E-state index < -0.39 is 23.2 Å². The van der Waals surface area contributed by atoms with Crippen LogP contribution in [0.2, 0.25) is 5.02 Å². The third-order valence-corrected chi connectivity index (χ3v) is 2.83. The molecular weight excluding hydrogens is 297 g/mol. The molecule has 1 aromatic heterocycles. The number of carbonyl (C=O) groups excluding carboxylic acids is 1. The molecule has 106 valence electrons. The number of benzene rings is 1. The van der Waals surface area contributed by atoms with Gasteiger partial charge >= 0.3 is 6.18 Å². The van der Waals surface area contributed by atoms with Crippen molar-refractivity contribution < 1.29 is 18.0 Å². The minimum Gasteiger partial charge on any atom is -0.381 e.